The van der Waals surface area contributed by atoms with Crippen LogP contribution in [-0.4, -0.2) is 25.5 Å². The van der Waals surface area contributed by atoms with Crippen LogP contribution < -0.4 is 10.6 Å². The van der Waals surface area contributed by atoms with E-state index < -0.39 is 0 Å². The first-order valence-electron chi connectivity index (χ1n) is 7.11. The van der Waals surface area contributed by atoms with E-state index in [1.54, 1.807) is 36.4 Å². The Balaban J connectivity index is 2.00. The fourth-order valence-electron chi connectivity index (χ4n) is 2.04. The third kappa shape index (κ3) is 4.96. The summed E-state index contributed by atoms with van der Waals surface area (Å²) in [6, 6.07) is 12.0. The minimum Gasteiger partial charge on any atom is -0.375 e. The van der Waals surface area contributed by atoms with Crippen molar-refractivity contribution in [2.45, 2.75) is 6.54 Å². The molecule has 2 aromatic rings. The molecule has 0 spiro atoms. The number of anilines is 1. The van der Waals surface area contributed by atoms with Gasteiger partial charge in [0.15, 0.2) is 0 Å². The first-order chi connectivity index (χ1) is 11.5. The number of nitrogens with one attached hydrogen (secondary N) is 2. The van der Waals surface area contributed by atoms with Crippen LogP contribution in [0.5, 0.6) is 0 Å². The molecule has 5 nitrogen and oxygen atoms in total. The predicted molar refractivity (Wildman–Crippen MR) is 94.6 cm³/mol. The lowest BCUT2D eigenvalue weighted by Gasteiger charge is -2.09. The summed E-state index contributed by atoms with van der Waals surface area (Å²) in [4.78, 5) is 23.7. The van der Waals surface area contributed by atoms with E-state index in [1.807, 2.05) is 6.07 Å². The second-order valence-corrected chi connectivity index (χ2v) is 5.75. The van der Waals surface area contributed by atoms with E-state index in [2.05, 4.69) is 10.6 Å². The summed E-state index contributed by atoms with van der Waals surface area (Å²) >= 11 is 11.9. The lowest BCUT2D eigenvalue weighted by molar-refractivity contribution is -0.119. The molecule has 0 aliphatic carbocycles. The third-order valence-electron chi connectivity index (χ3n) is 3.14. The van der Waals surface area contributed by atoms with Crippen molar-refractivity contribution < 1.29 is 14.3 Å². The van der Waals surface area contributed by atoms with E-state index in [9.17, 15) is 9.59 Å². The van der Waals surface area contributed by atoms with E-state index in [0.717, 1.165) is 5.56 Å². The number of rotatable bonds is 6. The highest BCUT2D eigenvalue weighted by molar-refractivity contribution is 6.43. The Morgan fingerprint density at radius 2 is 1.88 bits per heavy atom. The molecule has 2 rings (SSSR count). The SMILES string of the molecule is COCC(=O)Nc1cccc(CNC(=O)c2cccc(Cl)c2Cl)c1. The van der Waals surface area contributed by atoms with Gasteiger partial charge in [0, 0.05) is 19.3 Å². The van der Waals surface area contributed by atoms with Crippen molar-refractivity contribution in [3.05, 3.63) is 63.6 Å². The maximum atomic E-state index is 12.2. The van der Waals surface area contributed by atoms with E-state index >= 15 is 0 Å². The number of carbonyl (C=O) groups is 2. The van der Waals surface area contributed by atoms with Crippen molar-refractivity contribution in [2.75, 3.05) is 19.0 Å². The van der Waals surface area contributed by atoms with Crippen LogP contribution in [0.2, 0.25) is 10.0 Å². The zero-order valence-corrected chi connectivity index (χ0v) is 14.4. The standard InChI is InChI=1S/C17H16Cl2N2O3/c1-24-10-15(22)21-12-5-2-4-11(8-12)9-20-17(23)13-6-3-7-14(18)16(13)19/h2-8H,9-10H2,1H3,(H,20,23)(H,21,22). The van der Waals surface area contributed by atoms with Crippen LogP contribution in [0.1, 0.15) is 15.9 Å². The summed E-state index contributed by atoms with van der Waals surface area (Å²) in [5.74, 6) is -0.569. The van der Waals surface area contributed by atoms with Gasteiger partial charge in [-0.05, 0) is 29.8 Å². The zero-order chi connectivity index (χ0) is 17.5. The van der Waals surface area contributed by atoms with Gasteiger partial charge in [-0.3, -0.25) is 9.59 Å². The number of ether oxygens (including phenoxy) is 1. The minimum atomic E-state index is -0.323. The number of carbonyl (C=O) groups excluding carboxylic acids is 2. The normalized spacial score (nSPS) is 10.3. The van der Waals surface area contributed by atoms with E-state index in [4.69, 9.17) is 27.9 Å². The summed E-state index contributed by atoms with van der Waals surface area (Å²) in [6.07, 6.45) is 0. The van der Waals surface area contributed by atoms with Crippen molar-refractivity contribution in [1.29, 1.82) is 0 Å². The summed E-state index contributed by atoms with van der Waals surface area (Å²) in [6.45, 7) is 0.268. The molecule has 7 heteroatoms. The van der Waals surface area contributed by atoms with E-state index in [1.165, 1.54) is 7.11 Å². The molecule has 24 heavy (non-hydrogen) atoms. The van der Waals surface area contributed by atoms with E-state index in [-0.39, 0.29) is 30.0 Å². The number of halogens is 2. The van der Waals surface area contributed by atoms with Crippen LogP contribution in [0.15, 0.2) is 42.5 Å². The van der Waals surface area contributed by atoms with Crippen LogP contribution in [0.3, 0.4) is 0 Å². The summed E-state index contributed by atoms with van der Waals surface area (Å²) < 4.78 is 4.76. The Morgan fingerprint density at radius 3 is 2.62 bits per heavy atom. The molecule has 0 unspecified atom stereocenters. The molecule has 2 amide bonds. The average molecular weight is 367 g/mol. The first kappa shape index (κ1) is 18.3. The van der Waals surface area contributed by atoms with Crippen LogP contribution in [-0.2, 0) is 16.1 Å². The summed E-state index contributed by atoms with van der Waals surface area (Å²) in [5, 5.41) is 6.02. The first-order valence-corrected chi connectivity index (χ1v) is 7.87. The Morgan fingerprint density at radius 1 is 1.12 bits per heavy atom. The Kier molecular flexibility index (Phi) is 6.61. The van der Waals surface area contributed by atoms with Crippen molar-refractivity contribution in [1.82, 2.24) is 5.32 Å². The minimum absolute atomic E-state index is 0.0196. The van der Waals surface area contributed by atoms with Gasteiger partial charge in [0.2, 0.25) is 5.91 Å². The molecule has 0 heterocycles. The Labute approximate surface area is 149 Å². The van der Waals surface area contributed by atoms with Gasteiger partial charge in [-0.2, -0.15) is 0 Å². The van der Waals surface area contributed by atoms with Crippen LogP contribution in [0.25, 0.3) is 0 Å². The van der Waals surface area contributed by atoms with Crippen LogP contribution >= 0.6 is 23.2 Å². The monoisotopic (exact) mass is 366 g/mol. The molecule has 2 aromatic carbocycles. The van der Waals surface area contributed by atoms with Gasteiger partial charge in [0.05, 0.1) is 15.6 Å². The highest BCUT2D eigenvalue weighted by Crippen LogP contribution is 2.25. The molecule has 0 aliphatic heterocycles. The van der Waals surface area contributed by atoms with Gasteiger partial charge < -0.3 is 15.4 Å². The van der Waals surface area contributed by atoms with Gasteiger partial charge in [-0.1, -0.05) is 41.4 Å². The fourth-order valence-corrected chi connectivity index (χ4v) is 2.43. The van der Waals surface area contributed by atoms with Gasteiger partial charge in [0.25, 0.3) is 5.91 Å². The number of amides is 2. The lowest BCUT2D eigenvalue weighted by Crippen LogP contribution is -2.23. The number of hydrogen-bond acceptors (Lipinski definition) is 3. The fraction of sp³-hybridized carbons (Fsp3) is 0.176. The van der Waals surface area contributed by atoms with Crippen LogP contribution in [0, 0.1) is 0 Å². The highest BCUT2D eigenvalue weighted by atomic mass is 35.5. The van der Waals surface area contributed by atoms with Crippen molar-refractivity contribution in [3.63, 3.8) is 0 Å². The van der Waals surface area contributed by atoms with Gasteiger partial charge in [-0.25, -0.2) is 0 Å². The summed E-state index contributed by atoms with van der Waals surface area (Å²) in [7, 11) is 1.45. The predicted octanol–water partition coefficient (Wildman–Crippen LogP) is 3.51. The number of hydrogen-bond donors (Lipinski definition) is 2. The molecule has 0 saturated heterocycles. The second kappa shape index (κ2) is 8.68. The number of benzene rings is 2. The molecule has 126 valence electrons. The topological polar surface area (TPSA) is 67.4 Å². The summed E-state index contributed by atoms with van der Waals surface area (Å²) in [5.41, 5.74) is 1.77. The van der Waals surface area contributed by atoms with Crippen LogP contribution in [0.4, 0.5) is 5.69 Å². The third-order valence-corrected chi connectivity index (χ3v) is 3.95. The van der Waals surface area contributed by atoms with Crippen molar-refractivity contribution in [3.8, 4) is 0 Å². The molecule has 0 saturated carbocycles. The van der Waals surface area contributed by atoms with Gasteiger partial charge in [-0.15, -0.1) is 0 Å². The molecule has 2 N–H and O–H groups in total. The maximum absolute atomic E-state index is 12.2. The molecule has 0 aromatic heterocycles. The zero-order valence-electron chi connectivity index (χ0n) is 12.9. The van der Waals surface area contributed by atoms with Gasteiger partial charge in [0.1, 0.15) is 6.61 Å². The van der Waals surface area contributed by atoms with Crippen molar-refractivity contribution >= 4 is 40.7 Å². The molecule has 0 aliphatic rings. The number of methoxy groups -OCH3 is 1. The molecule has 0 radical (unpaired) electrons. The quantitative estimate of drug-likeness (QED) is 0.821. The molecular formula is C17H16Cl2N2O3. The molecule has 0 fully saturated rings. The molecule has 0 bridgehead atoms. The lowest BCUT2D eigenvalue weighted by atomic mass is 10.1. The average Bonchev–Trinajstić information content (AvgIpc) is 2.56. The van der Waals surface area contributed by atoms with E-state index in [0.29, 0.717) is 16.3 Å². The van der Waals surface area contributed by atoms with Crippen molar-refractivity contribution in [2.24, 2.45) is 0 Å². The molecular weight excluding hydrogens is 351 g/mol. The maximum Gasteiger partial charge on any atom is 0.253 e. The second-order valence-electron chi connectivity index (χ2n) is 4.97. The highest BCUT2D eigenvalue weighted by Gasteiger charge is 2.12. The smallest absolute Gasteiger partial charge is 0.253 e. The van der Waals surface area contributed by atoms with Gasteiger partial charge >= 0.3 is 0 Å². The Bertz CT molecular complexity index is 750. The largest absolute Gasteiger partial charge is 0.375 e. The molecule has 0 atom stereocenters. The Hall–Kier alpha value is -2.08.